The maximum absolute atomic E-state index is 13.3. The van der Waals surface area contributed by atoms with E-state index in [0.717, 1.165) is 22.4 Å². The number of cyclic esters (lactones) is 1. The van der Waals surface area contributed by atoms with Gasteiger partial charge in [0.1, 0.15) is 0 Å². The third kappa shape index (κ3) is 3.16. The molecular weight excluding hydrogens is 314 g/mol. The summed E-state index contributed by atoms with van der Waals surface area (Å²) in [4.78, 5) is 27.3. The fraction of sp³-hybridized carbons (Fsp3) is 0.333. The minimum Gasteiger partial charge on any atom is -0.445 e. The van der Waals surface area contributed by atoms with Crippen molar-refractivity contribution in [1.82, 2.24) is 0 Å². The Morgan fingerprint density at radius 2 is 1.80 bits per heavy atom. The normalized spacial score (nSPS) is 19.1. The number of aryl methyl sites for hydroxylation is 2. The maximum Gasteiger partial charge on any atom is 0.339 e. The lowest BCUT2D eigenvalue weighted by Gasteiger charge is -2.37. The lowest BCUT2D eigenvalue weighted by molar-refractivity contribution is -0.136. The fourth-order valence-corrected chi connectivity index (χ4v) is 3.49. The largest absolute Gasteiger partial charge is 0.445 e. The highest BCUT2D eigenvalue weighted by molar-refractivity contribution is 6.03. The minimum absolute atomic E-state index is 0.192. The van der Waals surface area contributed by atoms with Gasteiger partial charge in [0.2, 0.25) is 0 Å². The van der Waals surface area contributed by atoms with Crippen LogP contribution in [0, 0.1) is 13.8 Å². The predicted molar refractivity (Wildman–Crippen MR) is 97.9 cm³/mol. The molecule has 0 saturated carbocycles. The molecule has 4 nitrogen and oxygen atoms in total. The SMILES string of the molecule is CCN(C(=O)C1(C)Cc2ccccc2C(=O)O1)c1cc(C)cc(C)c1. The predicted octanol–water partition coefficient (Wildman–Crippen LogP) is 3.83. The molecule has 1 aliphatic heterocycles. The molecular formula is C21H23NO3. The van der Waals surface area contributed by atoms with Gasteiger partial charge in [-0.1, -0.05) is 24.3 Å². The van der Waals surface area contributed by atoms with Crippen molar-refractivity contribution < 1.29 is 14.3 Å². The van der Waals surface area contributed by atoms with E-state index < -0.39 is 11.6 Å². The van der Waals surface area contributed by atoms with Gasteiger partial charge in [-0.2, -0.15) is 0 Å². The van der Waals surface area contributed by atoms with E-state index >= 15 is 0 Å². The van der Waals surface area contributed by atoms with Crippen molar-refractivity contribution >= 4 is 17.6 Å². The first-order valence-electron chi connectivity index (χ1n) is 8.55. The van der Waals surface area contributed by atoms with Gasteiger partial charge >= 0.3 is 5.97 Å². The number of carbonyl (C=O) groups excluding carboxylic acids is 2. The quantitative estimate of drug-likeness (QED) is 0.800. The molecule has 0 aliphatic carbocycles. The molecule has 0 radical (unpaired) electrons. The van der Waals surface area contributed by atoms with E-state index in [1.54, 1.807) is 24.0 Å². The number of fused-ring (bicyclic) bond motifs is 1. The van der Waals surface area contributed by atoms with E-state index in [2.05, 4.69) is 6.07 Å². The fourth-order valence-electron chi connectivity index (χ4n) is 3.49. The standard InChI is InChI=1S/C21H23NO3/c1-5-22(17-11-14(2)10-15(3)12-17)20(24)21(4)13-16-8-6-7-9-18(16)19(23)25-21/h6-12H,5,13H2,1-4H3. The second-order valence-corrected chi connectivity index (χ2v) is 6.85. The van der Waals surface area contributed by atoms with Crippen molar-refractivity contribution in [2.75, 3.05) is 11.4 Å². The highest BCUT2D eigenvalue weighted by Gasteiger charge is 2.44. The second-order valence-electron chi connectivity index (χ2n) is 6.85. The van der Waals surface area contributed by atoms with Crippen LogP contribution in [0.15, 0.2) is 42.5 Å². The van der Waals surface area contributed by atoms with Gasteiger partial charge in [-0.05, 0) is 62.6 Å². The van der Waals surface area contributed by atoms with E-state index in [4.69, 9.17) is 4.74 Å². The summed E-state index contributed by atoms with van der Waals surface area (Å²) < 4.78 is 5.60. The molecule has 3 rings (SSSR count). The van der Waals surface area contributed by atoms with E-state index in [1.807, 2.05) is 45.0 Å². The Bertz CT molecular complexity index is 823. The van der Waals surface area contributed by atoms with Gasteiger partial charge in [0.15, 0.2) is 5.60 Å². The molecule has 0 saturated heterocycles. The Balaban J connectivity index is 1.97. The van der Waals surface area contributed by atoms with Crippen LogP contribution in [0.5, 0.6) is 0 Å². The second kappa shape index (κ2) is 6.36. The van der Waals surface area contributed by atoms with E-state index in [1.165, 1.54) is 0 Å². The van der Waals surface area contributed by atoms with Gasteiger partial charge < -0.3 is 9.64 Å². The third-order valence-corrected chi connectivity index (χ3v) is 4.61. The number of hydrogen-bond acceptors (Lipinski definition) is 3. The zero-order valence-corrected chi connectivity index (χ0v) is 15.1. The van der Waals surface area contributed by atoms with Crippen molar-refractivity contribution in [3.05, 3.63) is 64.7 Å². The van der Waals surface area contributed by atoms with E-state index in [-0.39, 0.29) is 5.91 Å². The first kappa shape index (κ1) is 17.2. The number of ether oxygens (including phenoxy) is 1. The maximum atomic E-state index is 13.3. The molecule has 0 bridgehead atoms. The number of carbonyl (C=O) groups is 2. The van der Waals surface area contributed by atoms with Gasteiger partial charge in [0.25, 0.3) is 5.91 Å². The van der Waals surface area contributed by atoms with Gasteiger partial charge in [0.05, 0.1) is 5.56 Å². The lowest BCUT2D eigenvalue weighted by Crippen LogP contribution is -2.53. The number of nitrogens with zero attached hydrogens (tertiary/aromatic N) is 1. The topological polar surface area (TPSA) is 46.6 Å². The number of anilines is 1. The Morgan fingerprint density at radius 3 is 2.44 bits per heavy atom. The summed E-state index contributed by atoms with van der Waals surface area (Å²) in [6.45, 7) is 8.16. The van der Waals surface area contributed by atoms with Crippen LogP contribution in [0.2, 0.25) is 0 Å². The zero-order chi connectivity index (χ0) is 18.2. The molecule has 2 aromatic rings. The molecule has 1 aliphatic rings. The van der Waals surface area contributed by atoms with Crippen LogP contribution in [0.3, 0.4) is 0 Å². The van der Waals surface area contributed by atoms with E-state index in [0.29, 0.717) is 18.5 Å². The molecule has 0 aromatic heterocycles. The molecule has 0 N–H and O–H groups in total. The molecule has 1 amide bonds. The number of benzene rings is 2. The van der Waals surface area contributed by atoms with Crippen molar-refractivity contribution in [3.8, 4) is 0 Å². The molecule has 25 heavy (non-hydrogen) atoms. The van der Waals surface area contributed by atoms with Crippen LogP contribution < -0.4 is 4.90 Å². The highest BCUT2D eigenvalue weighted by atomic mass is 16.6. The van der Waals surface area contributed by atoms with Crippen LogP contribution in [0.25, 0.3) is 0 Å². The number of esters is 1. The molecule has 4 heteroatoms. The van der Waals surface area contributed by atoms with Crippen LogP contribution in [-0.2, 0) is 16.0 Å². The van der Waals surface area contributed by atoms with Gasteiger partial charge in [-0.25, -0.2) is 4.79 Å². The van der Waals surface area contributed by atoms with Crippen LogP contribution in [0.4, 0.5) is 5.69 Å². The van der Waals surface area contributed by atoms with E-state index in [9.17, 15) is 9.59 Å². The highest BCUT2D eigenvalue weighted by Crippen LogP contribution is 2.31. The van der Waals surface area contributed by atoms with Crippen molar-refractivity contribution in [3.63, 3.8) is 0 Å². The summed E-state index contributed by atoms with van der Waals surface area (Å²) >= 11 is 0. The summed E-state index contributed by atoms with van der Waals surface area (Å²) in [5.74, 6) is -0.628. The molecule has 0 fully saturated rings. The smallest absolute Gasteiger partial charge is 0.339 e. The minimum atomic E-state index is -1.20. The van der Waals surface area contributed by atoms with Crippen LogP contribution in [-0.4, -0.2) is 24.0 Å². The molecule has 130 valence electrons. The molecule has 1 unspecified atom stereocenters. The Hall–Kier alpha value is -2.62. The van der Waals surface area contributed by atoms with Crippen molar-refractivity contribution in [1.29, 1.82) is 0 Å². The van der Waals surface area contributed by atoms with Gasteiger partial charge in [-0.3, -0.25) is 4.79 Å². The molecule has 1 heterocycles. The number of amides is 1. The zero-order valence-electron chi connectivity index (χ0n) is 15.1. The van der Waals surface area contributed by atoms with Gasteiger partial charge in [0, 0.05) is 18.7 Å². The Labute approximate surface area is 148 Å². The summed E-state index contributed by atoms with van der Waals surface area (Å²) in [5.41, 5.74) is 3.23. The number of hydrogen-bond donors (Lipinski definition) is 0. The summed E-state index contributed by atoms with van der Waals surface area (Å²) in [6.07, 6.45) is 0.384. The summed E-state index contributed by atoms with van der Waals surface area (Å²) in [5, 5.41) is 0. The van der Waals surface area contributed by atoms with Crippen LogP contribution in [0.1, 0.15) is 40.9 Å². The van der Waals surface area contributed by atoms with Crippen molar-refractivity contribution in [2.24, 2.45) is 0 Å². The molecule has 0 spiro atoms. The lowest BCUT2D eigenvalue weighted by atomic mass is 9.88. The summed E-state index contributed by atoms with van der Waals surface area (Å²) in [7, 11) is 0. The first-order valence-corrected chi connectivity index (χ1v) is 8.55. The number of rotatable bonds is 3. The number of likely N-dealkylation sites (N-methyl/N-ethyl adjacent to an activating group) is 1. The summed E-state index contributed by atoms with van der Waals surface area (Å²) in [6, 6.07) is 13.3. The Morgan fingerprint density at radius 1 is 1.16 bits per heavy atom. The average molecular weight is 337 g/mol. The van der Waals surface area contributed by atoms with Gasteiger partial charge in [-0.15, -0.1) is 0 Å². The average Bonchev–Trinajstić information content (AvgIpc) is 2.54. The molecule has 1 atom stereocenters. The Kier molecular flexibility index (Phi) is 4.38. The monoisotopic (exact) mass is 337 g/mol. The van der Waals surface area contributed by atoms with Crippen molar-refractivity contribution in [2.45, 2.75) is 39.7 Å². The third-order valence-electron chi connectivity index (χ3n) is 4.61. The van der Waals surface area contributed by atoms with Crippen LogP contribution >= 0.6 is 0 Å². The molecule has 2 aromatic carbocycles. The first-order chi connectivity index (χ1) is 11.8.